The first-order chi connectivity index (χ1) is 22.5. The van der Waals surface area contributed by atoms with Crippen LogP contribution in [0.2, 0.25) is 0 Å². The summed E-state index contributed by atoms with van der Waals surface area (Å²) in [7, 11) is 19.8. The molecular weight excluding hydrogens is 584 g/mol. The Hall–Kier alpha value is -4.72. The normalized spacial score (nSPS) is 11.8. The van der Waals surface area contributed by atoms with E-state index in [2.05, 4.69) is 117 Å². The van der Waals surface area contributed by atoms with Gasteiger partial charge in [-0.25, -0.2) is 0 Å². The second kappa shape index (κ2) is 13.6. The summed E-state index contributed by atoms with van der Waals surface area (Å²) in [5.41, 5.74) is 6.16. The van der Waals surface area contributed by atoms with Crippen LogP contribution in [-0.2, 0) is 20.7 Å². The molecule has 0 aliphatic heterocycles. The lowest BCUT2D eigenvalue weighted by Crippen LogP contribution is -2.33. The average Bonchev–Trinajstić information content (AvgIpc) is 3.58. The molecule has 7 heteroatoms. The van der Waals surface area contributed by atoms with Gasteiger partial charge < -0.3 is 33.5 Å². The van der Waals surface area contributed by atoms with E-state index in [9.17, 15) is 0 Å². The predicted molar refractivity (Wildman–Crippen MR) is 196 cm³/mol. The van der Waals surface area contributed by atoms with Gasteiger partial charge in [-0.3, -0.25) is 0 Å². The molecule has 0 spiro atoms. The predicted octanol–water partition coefficient (Wildman–Crippen LogP) is 7.42. The molecule has 0 bridgehead atoms. The lowest BCUT2D eigenvalue weighted by atomic mass is 9.83. The summed E-state index contributed by atoms with van der Waals surface area (Å²) >= 11 is 0. The number of ether oxygens (including phenoxy) is 2. The molecule has 0 radical (unpaired) electrons. The number of nitrogens with zero attached hydrogens (tertiary/aromatic N) is 4. The van der Waals surface area contributed by atoms with E-state index in [0.717, 1.165) is 45.0 Å². The zero-order valence-corrected chi connectivity index (χ0v) is 29.4. The second-order valence-corrected chi connectivity index (χ2v) is 12.7. The molecule has 0 atom stereocenters. The van der Waals surface area contributed by atoms with Gasteiger partial charge in [-0.05, 0) is 82.9 Å². The zero-order valence-electron chi connectivity index (χ0n) is 29.4. The molecule has 47 heavy (non-hydrogen) atoms. The van der Waals surface area contributed by atoms with E-state index in [0.29, 0.717) is 11.5 Å². The molecule has 5 rings (SSSR count). The van der Waals surface area contributed by atoms with Crippen molar-refractivity contribution in [2.45, 2.75) is 11.2 Å². The van der Waals surface area contributed by atoms with Gasteiger partial charge >= 0.3 is 0 Å². The standard InChI is InChI=1S/C40H48N4O3/c1-41(2)33-19-11-29(12-20-33)39(45-9,30-13-21-34(22-14-30)42(3)4)37-27-28-38(47-37)40(46-10,31-15-23-35(24-16-31)43(5)6)32-17-25-36(26-18-32)44(7)8/h11-28H,1-10H3. The minimum Gasteiger partial charge on any atom is -0.458 e. The van der Waals surface area contributed by atoms with Crippen molar-refractivity contribution in [2.24, 2.45) is 0 Å². The van der Waals surface area contributed by atoms with E-state index in [1.54, 1.807) is 14.2 Å². The summed E-state index contributed by atoms with van der Waals surface area (Å²) in [6.07, 6.45) is 0. The Morgan fingerprint density at radius 2 is 0.574 bits per heavy atom. The lowest BCUT2D eigenvalue weighted by molar-refractivity contribution is 0.0182. The summed E-state index contributed by atoms with van der Waals surface area (Å²) in [5.74, 6) is 1.31. The maximum Gasteiger partial charge on any atom is 0.175 e. The van der Waals surface area contributed by atoms with Crippen molar-refractivity contribution in [3.63, 3.8) is 0 Å². The maximum absolute atomic E-state index is 7.03. The number of hydrogen-bond acceptors (Lipinski definition) is 7. The van der Waals surface area contributed by atoms with Gasteiger partial charge in [-0.15, -0.1) is 0 Å². The highest BCUT2D eigenvalue weighted by atomic mass is 16.5. The van der Waals surface area contributed by atoms with Crippen LogP contribution in [0, 0.1) is 0 Å². The molecule has 0 fully saturated rings. The first-order valence-electron chi connectivity index (χ1n) is 15.8. The van der Waals surface area contributed by atoms with Gasteiger partial charge in [-0.1, -0.05) is 48.5 Å². The molecular formula is C40H48N4O3. The van der Waals surface area contributed by atoms with Crippen LogP contribution in [-0.4, -0.2) is 70.6 Å². The molecule has 0 amide bonds. The van der Waals surface area contributed by atoms with Gasteiger partial charge in [0, 0.05) is 93.4 Å². The topological polar surface area (TPSA) is 44.6 Å². The Labute approximate surface area is 280 Å². The van der Waals surface area contributed by atoms with Gasteiger partial charge in [0.15, 0.2) is 11.2 Å². The van der Waals surface area contributed by atoms with E-state index < -0.39 is 11.2 Å². The van der Waals surface area contributed by atoms with Gasteiger partial charge in [0.1, 0.15) is 11.5 Å². The molecule has 0 N–H and O–H groups in total. The highest BCUT2D eigenvalue weighted by molar-refractivity contribution is 5.57. The van der Waals surface area contributed by atoms with E-state index >= 15 is 0 Å². The fourth-order valence-corrected chi connectivity index (χ4v) is 6.27. The summed E-state index contributed by atoms with van der Waals surface area (Å²) in [5, 5.41) is 0. The largest absolute Gasteiger partial charge is 0.458 e. The Balaban J connectivity index is 1.75. The van der Waals surface area contributed by atoms with E-state index in [1.807, 2.05) is 68.5 Å². The highest BCUT2D eigenvalue weighted by Crippen LogP contribution is 2.46. The fraction of sp³-hybridized carbons (Fsp3) is 0.300. The molecule has 0 aliphatic rings. The number of benzene rings is 4. The third-order valence-electron chi connectivity index (χ3n) is 9.07. The number of hydrogen-bond donors (Lipinski definition) is 0. The van der Waals surface area contributed by atoms with Crippen molar-refractivity contribution < 1.29 is 13.9 Å². The minimum absolute atomic E-state index is 0.654. The third-order valence-corrected chi connectivity index (χ3v) is 9.07. The molecule has 5 aromatic rings. The lowest BCUT2D eigenvalue weighted by Gasteiger charge is -2.34. The number of furan rings is 1. The van der Waals surface area contributed by atoms with Crippen LogP contribution in [0.1, 0.15) is 33.8 Å². The average molecular weight is 633 g/mol. The first kappa shape index (κ1) is 33.6. The fourth-order valence-electron chi connectivity index (χ4n) is 6.27. The molecule has 0 aliphatic carbocycles. The van der Waals surface area contributed by atoms with Crippen LogP contribution in [0.15, 0.2) is 114 Å². The van der Waals surface area contributed by atoms with Crippen LogP contribution >= 0.6 is 0 Å². The van der Waals surface area contributed by atoms with E-state index in [1.165, 1.54) is 0 Å². The quantitative estimate of drug-likeness (QED) is 0.142. The molecule has 0 saturated carbocycles. The van der Waals surface area contributed by atoms with Crippen molar-refractivity contribution >= 4 is 22.7 Å². The molecule has 1 aromatic heterocycles. The van der Waals surface area contributed by atoms with Crippen molar-refractivity contribution in [1.29, 1.82) is 0 Å². The van der Waals surface area contributed by atoms with Gasteiger partial charge in [0.2, 0.25) is 0 Å². The molecule has 4 aromatic carbocycles. The monoisotopic (exact) mass is 632 g/mol. The smallest absolute Gasteiger partial charge is 0.175 e. The third kappa shape index (κ3) is 6.09. The van der Waals surface area contributed by atoms with Gasteiger partial charge in [-0.2, -0.15) is 0 Å². The maximum atomic E-state index is 7.03. The molecule has 0 unspecified atom stereocenters. The Morgan fingerprint density at radius 1 is 0.362 bits per heavy atom. The first-order valence-corrected chi connectivity index (χ1v) is 15.8. The van der Waals surface area contributed by atoms with Crippen molar-refractivity contribution in [1.82, 2.24) is 0 Å². The summed E-state index contributed by atoms with van der Waals surface area (Å²) < 4.78 is 20.2. The SMILES string of the molecule is COC(c1ccc(N(C)C)cc1)(c1ccc(N(C)C)cc1)c1ccc(C(OC)(c2ccc(N(C)C)cc2)c2ccc(N(C)C)cc2)o1. The number of anilines is 4. The van der Waals surface area contributed by atoms with Crippen molar-refractivity contribution in [2.75, 3.05) is 90.2 Å². The zero-order chi connectivity index (χ0) is 33.9. The van der Waals surface area contributed by atoms with Crippen molar-refractivity contribution in [3.8, 4) is 0 Å². The molecule has 1 heterocycles. The summed E-state index contributed by atoms with van der Waals surface area (Å²) in [4.78, 5) is 8.35. The highest BCUT2D eigenvalue weighted by Gasteiger charge is 2.44. The number of methoxy groups -OCH3 is 2. The molecule has 7 nitrogen and oxygen atoms in total. The molecule has 246 valence electrons. The van der Waals surface area contributed by atoms with Crippen LogP contribution in [0.5, 0.6) is 0 Å². The Morgan fingerprint density at radius 3 is 0.745 bits per heavy atom. The minimum atomic E-state index is -1.03. The van der Waals surface area contributed by atoms with Gasteiger partial charge in [0.05, 0.1) is 0 Å². The van der Waals surface area contributed by atoms with Crippen LogP contribution < -0.4 is 19.6 Å². The summed E-state index contributed by atoms with van der Waals surface area (Å²) in [6, 6.07) is 37.9. The van der Waals surface area contributed by atoms with E-state index in [-0.39, 0.29) is 0 Å². The van der Waals surface area contributed by atoms with Gasteiger partial charge in [0.25, 0.3) is 0 Å². The van der Waals surface area contributed by atoms with E-state index in [4.69, 9.17) is 13.9 Å². The molecule has 0 saturated heterocycles. The Kier molecular flexibility index (Phi) is 9.70. The number of rotatable bonds is 12. The second-order valence-electron chi connectivity index (χ2n) is 12.7. The van der Waals surface area contributed by atoms with Crippen LogP contribution in [0.3, 0.4) is 0 Å². The van der Waals surface area contributed by atoms with Crippen molar-refractivity contribution in [3.05, 3.63) is 143 Å². The van der Waals surface area contributed by atoms with Crippen LogP contribution in [0.4, 0.5) is 22.7 Å². The van der Waals surface area contributed by atoms with Crippen LogP contribution in [0.25, 0.3) is 0 Å². The summed E-state index contributed by atoms with van der Waals surface area (Å²) in [6.45, 7) is 0. The Bertz CT molecular complexity index is 1510.